The van der Waals surface area contributed by atoms with Gasteiger partial charge in [0.1, 0.15) is 0 Å². The lowest BCUT2D eigenvalue weighted by atomic mass is 10.3. The van der Waals surface area contributed by atoms with Gasteiger partial charge in [0, 0.05) is 25.8 Å². The van der Waals surface area contributed by atoms with Crippen LogP contribution in [0.2, 0.25) is 0 Å². The molecular weight excluding hydrogens is 208 g/mol. The van der Waals surface area contributed by atoms with Crippen molar-refractivity contribution in [2.45, 2.75) is 25.2 Å². The molecule has 1 fully saturated rings. The topological polar surface area (TPSA) is 87.5 Å². The van der Waals surface area contributed by atoms with Crippen LogP contribution in [0.5, 0.6) is 0 Å². The monoisotopic (exact) mass is 226 g/mol. The molecule has 90 valence electrons. The van der Waals surface area contributed by atoms with Crippen molar-refractivity contribution in [3.05, 3.63) is 12.4 Å². The molecule has 4 N–H and O–H groups in total. The Morgan fingerprint density at radius 1 is 1.56 bits per heavy atom. The molecule has 0 bridgehead atoms. The number of nitrogens with zero attached hydrogens (tertiary/aromatic N) is 3. The molecule has 1 aliphatic rings. The molecule has 0 radical (unpaired) electrons. The van der Waals surface area contributed by atoms with Gasteiger partial charge in [-0.15, -0.1) is 0 Å². The smallest absolute Gasteiger partial charge is 0.0862 e. The van der Waals surface area contributed by atoms with Crippen LogP contribution in [0.15, 0.2) is 12.4 Å². The first-order valence-corrected chi connectivity index (χ1v) is 5.50. The van der Waals surface area contributed by atoms with Crippen LogP contribution in [0.1, 0.15) is 6.42 Å². The SMILES string of the molecule is Nc1cnn(CC(O)CN2CCC(O)C2)c1. The number of β-amino-alcohol motifs (C(OH)–C–C–N with tert-alkyl or cyclic N) is 2. The van der Waals surface area contributed by atoms with Crippen LogP contribution in [-0.2, 0) is 6.54 Å². The van der Waals surface area contributed by atoms with Crippen molar-refractivity contribution in [1.82, 2.24) is 14.7 Å². The summed E-state index contributed by atoms with van der Waals surface area (Å²) in [6.45, 7) is 2.50. The van der Waals surface area contributed by atoms with Crippen LogP contribution >= 0.6 is 0 Å². The lowest BCUT2D eigenvalue weighted by Gasteiger charge is -2.19. The number of aliphatic hydroxyl groups excluding tert-OH is 2. The number of nitrogens with two attached hydrogens (primary N) is 1. The summed E-state index contributed by atoms with van der Waals surface area (Å²) in [5, 5.41) is 23.2. The fourth-order valence-electron chi connectivity index (χ4n) is 2.03. The molecule has 16 heavy (non-hydrogen) atoms. The minimum atomic E-state index is -0.482. The van der Waals surface area contributed by atoms with E-state index in [0.29, 0.717) is 25.3 Å². The van der Waals surface area contributed by atoms with Crippen LogP contribution in [0.3, 0.4) is 0 Å². The zero-order chi connectivity index (χ0) is 11.5. The van der Waals surface area contributed by atoms with E-state index in [9.17, 15) is 10.2 Å². The second kappa shape index (κ2) is 4.82. The number of hydrogen-bond donors (Lipinski definition) is 3. The van der Waals surface area contributed by atoms with Crippen LogP contribution < -0.4 is 5.73 Å². The van der Waals surface area contributed by atoms with E-state index in [1.165, 1.54) is 0 Å². The van der Waals surface area contributed by atoms with E-state index in [1.54, 1.807) is 17.1 Å². The highest BCUT2D eigenvalue weighted by molar-refractivity contribution is 5.30. The molecule has 6 nitrogen and oxygen atoms in total. The highest BCUT2D eigenvalue weighted by Crippen LogP contribution is 2.09. The van der Waals surface area contributed by atoms with Gasteiger partial charge in [-0.05, 0) is 6.42 Å². The minimum Gasteiger partial charge on any atom is -0.396 e. The zero-order valence-electron chi connectivity index (χ0n) is 9.16. The molecule has 2 heterocycles. The first kappa shape index (κ1) is 11.4. The van der Waals surface area contributed by atoms with E-state index in [1.807, 2.05) is 0 Å². The molecule has 2 unspecified atom stereocenters. The molecule has 0 aliphatic carbocycles. The van der Waals surface area contributed by atoms with Gasteiger partial charge in [0.05, 0.1) is 30.6 Å². The molecule has 1 saturated heterocycles. The standard InChI is InChI=1S/C10H18N4O2/c11-8-3-12-14(4-8)7-10(16)6-13-2-1-9(15)5-13/h3-4,9-10,15-16H,1-2,5-7,11H2. The van der Waals surface area contributed by atoms with Gasteiger partial charge in [0.25, 0.3) is 0 Å². The van der Waals surface area contributed by atoms with Crippen LogP contribution in [-0.4, -0.2) is 56.7 Å². The van der Waals surface area contributed by atoms with Gasteiger partial charge in [-0.1, -0.05) is 0 Å². The van der Waals surface area contributed by atoms with Gasteiger partial charge in [-0.2, -0.15) is 5.10 Å². The summed E-state index contributed by atoms with van der Waals surface area (Å²) in [4.78, 5) is 2.06. The highest BCUT2D eigenvalue weighted by Gasteiger charge is 2.22. The molecule has 2 rings (SSSR count). The predicted molar refractivity (Wildman–Crippen MR) is 59.7 cm³/mol. The van der Waals surface area contributed by atoms with E-state index < -0.39 is 6.10 Å². The van der Waals surface area contributed by atoms with E-state index in [0.717, 1.165) is 13.0 Å². The average molecular weight is 226 g/mol. The van der Waals surface area contributed by atoms with Crippen molar-refractivity contribution in [3.8, 4) is 0 Å². The second-order valence-corrected chi connectivity index (χ2v) is 4.35. The summed E-state index contributed by atoms with van der Waals surface area (Å²) in [6, 6.07) is 0. The summed E-state index contributed by atoms with van der Waals surface area (Å²) >= 11 is 0. The van der Waals surface area contributed by atoms with Gasteiger partial charge in [0.15, 0.2) is 0 Å². The molecule has 0 saturated carbocycles. The van der Waals surface area contributed by atoms with Gasteiger partial charge in [-0.3, -0.25) is 9.58 Å². The molecule has 0 spiro atoms. The summed E-state index contributed by atoms with van der Waals surface area (Å²) in [5.41, 5.74) is 6.13. The molecule has 0 aromatic carbocycles. The number of nitrogen functional groups attached to an aromatic ring is 1. The van der Waals surface area contributed by atoms with E-state index in [2.05, 4.69) is 10.00 Å². The zero-order valence-corrected chi connectivity index (χ0v) is 9.16. The summed E-state index contributed by atoms with van der Waals surface area (Å²) in [7, 11) is 0. The molecule has 1 aliphatic heterocycles. The Balaban J connectivity index is 1.78. The van der Waals surface area contributed by atoms with Gasteiger partial charge >= 0.3 is 0 Å². The van der Waals surface area contributed by atoms with Gasteiger partial charge < -0.3 is 15.9 Å². The van der Waals surface area contributed by atoms with Crippen molar-refractivity contribution in [2.75, 3.05) is 25.4 Å². The van der Waals surface area contributed by atoms with Crippen LogP contribution in [0.25, 0.3) is 0 Å². The van der Waals surface area contributed by atoms with Crippen molar-refractivity contribution in [3.63, 3.8) is 0 Å². The highest BCUT2D eigenvalue weighted by atomic mass is 16.3. The lowest BCUT2D eigenvalue weighted by molar-refractivity contribution is 0.0967. The third-order valence-corrected chi connectivity index (χ3v) is 2.77. The lowest BCUT2D eigenvalue weighted by Crippen LogP contribution is -2.33. The number of aliphatic hydroxyl groups is 2. The normalized spacial score (nSPS) is 23.8. The van der Waals surface area contributed by atoms with Crippen molar-refractivity contribution < 1.29 is 10.2 Å². The molecule has 1 aromatic heterocycles. The third-order valence-electron chi connectivity index (χ3n) is 2.77. The number of rotatable bonds is 4. The maximum absolute atomic E-state index is 9.83. The Labute approximate surface area is 94.3 Å². The Bertz CT molecular complexity index is 341. The number of anilines is 1. The molecule has 2 atom stereocenters. The van der Waals surface area contributed by atoms with Crippen molar-refractivity contribution >= 4 is 5.69 Å². The Morgan fingerprint density at radius 3 is 2.94 bits per heavy atom. The summed E-state index contributed by atoms with van der Waals surface area (Å²) in [5.74, 6) is 0. The summed E-state index contributed by atoms with van der Waals surface area (Å²) < 4.78 is 1.63. The Kier molecular flexibility index (Phi) is 3.42. The number of hydrogen-bond acceptors (Lipinski definition) is 5. The third kappa shape index (κ3) is 2.94. The molecule has 0 amide bonds. The number of likely N-dealkylation sites (tertiary alicyclic amines) is 1. The Morgan fingerprint density at radius 2 is 2.38 bits per heavy atom. The largest absolute Gasteiger partial charge is 0.396 e. The predicted octanol–water partition coefficient (Wildman–Crippen LogP) is -1.11. The average Bonchev–Trinajstić information content (AvgIpc) is 2.76. The fourth-order valence-corrected chi connectivity index (χ4v) is 2.03. The first-order chi connectivity index (χ1) is 7.63. The fraction of sp³-hybridized carbons (Fsp3) is 0.700. The van der Waals surface area contributed by atoms with E-state index in [4.69, 9.17) is 5.73 Å². The van der Waals surface area contributed by atoms with Crippen molar-refractivity contribution in [2.24, 2.45) is 0 Å². The summed E-state index contributed by atoms with van der Waals surface area (Å²) in [6.07, 6.45) is 3.33. The molecular formula is C10H18N4O2. The van der Waals surface area contributed by atoms with E-state index >= 15 is 0 Å². The van der Waals surface area contributed by atoms with Crippen LogP contribution in [0, 0.1) is 0 Å². The Hall–Kier alpha value is -1.11. The minimum absolute atomic E-state index is 0.243. The maximum Gasteiger partial charge on any atom is 0.0862 e. The molecule has 6 heteroatoms. The van der Waals surface area contributed by atoms with Crippen molar-refractivity contribution in [1.29, 1.82) is 0 Å². The maximum atomic E-state index is 9.83. The van der Waals surface area contributed by atoms with Gasteiger partial charge in [0.2, 0.25) is 0 Å². The van der Waals surface area contributed by atoms with Gasteiger partial charge in [-0.25, -0.2) is 0 Å². The second-order valence-electron chi connectivity index (χ2n) is 4.35. The number of aromatic nitrogens is 2. The van der Waals surface area contributed by atoms with E-state index in [-0.39, 0.29) is 6.10 Å². The van der Waals surface area contributed by atoms with Crippen LogP contribution in [0.4, 0.5) is 5.69 Å². The first-order valence-electron chi connectivity index (χ1n) is 5.50. The quantitative estimate of drug-likeness (QED) is 0.606. The molecule has 1 aromatic rings.